The Kier molecular flexibility index (Phi) is 3.78. The van der Waals surface area contributed by atoms with Crippen molar-refractivity contribution in [2.75, 3.05) is 6.61 Å². The molecular weight excluding hydrogens is 194 g/mol. The van der Waals surface area contributed by atoms with Crippen LogP contribution in [-0.2, 0) is 4.74 Å². The maximum atomic E-state index is 9.39. The molecule has 0 bridgehead atoms. The minimum absolute atomic E-state index is 0.461. The summed E-state index contributed by atoms with van der Waals surface area (Å²) in [6.45, 7) is -0.461. The molecule has 1 saturated heterocycles. The van der Waals surface area contributed by atoms with Gasteiger partial charge in [0, 0.05) is 0 Å². The molecule has 1 aliphatic rings. The van der Waals surface area contributed by atoms with Crippen LogP contribution < -0.4 is 5.73 Å². The van der Waals surface area contributed by atoms with Gasteiger partial charge in [0.15, 0.2) is 6.29 Å². The van der Waals surface area contributed by atoms with E-state index in [9.17, 15) is 10.2 Å². The van der Waals surface area contributed by atoms with E-state index in [0.717, 1.165) is 0 Å². The van der Waals surface area contributed by atoms with Crippen LogP contribution in [0.4, 0.5) is 0 Å². The Labute approximate surface area is 80.3 Å². The molecule has 7 nitrogen and oxygen atoms in total. The molecule has 6 unspecified atom stereocenters. The zero-order valence-corrected chi connectivity index (χ0v) is 7.39. The molecule has 0 radical (unpaired) electrons. The molecule has 0 aliphatic carbocycles. The number of aliphatic hydroxyl groups is 5. The molecule has 84 valence electrons. The molecule has 1 fully saturated rings. The number of ether oxygens (including phenoxy) is 1. The minimum atomic E-state index is -1.61. The smallest absolute Gasteiger partial charge is 0.184 e. The number of hydrogen-bond acceptors (Lipinski definition) is 7. The normalized spacial score (nSPS) is 46.3. The van der Waals surface area contributed by atoms with E-state index >= 15 is 0 Å². The van der Waals surface area contributed by atoms with Gasteiger partial charge in [0.1, 0.15) is 24.4 Å². The molecule has 0 saturated carbocycles. The van der Waals surface area contributed by atoms with E-state index in [1.54, 1.807) is 0 Å². The molecule has 7 heteroatoms. The molecule has 0 amide bonds. The summed E-state index contributed by atoms with van der Waals surface area (Å²) in [6.07, 6.45) is -7.27. The van der Waals surface area contributed by atoms with Gasteiger partial charge in [-0.25, -0.2) is 0 Å². The van der Waals surface area contributed by atoms with Gasteiger partial charge in [-0.15, -0.1) is 0 Å². The number of aliphatic hydroxyl groups excluding tert-OH is 5. The molecule has 0 aromatic rings. The van der Waals surface area contributed by atoms with Crippen molar-refractivity contribution in [3.63, 3.8) is 0 Å². The topological polar surface area (TPSA) is 136 Å². The zero-order valence-electron chi connectivity index (χ0n) is 7.39. The quantitative estimate of drug-likeness (QED) is 0.273. The Morgan fingerprint density at radius 2 is 1.64 bits per heavy atom. The Bertz CT molecular complexity index is 191. The first-order valence-corrected chi connectivity index (χ1v) is 4.23. The van der Waals surface area contributed by atoms with Gasteiger partial charge in [0.2, 0.25) is 0 Å². The fourth-order valence-electron chi connectivity index (χ4n) is 1.35. The summed E-state index contributed by atoms with van der Waals surface area (Å²) in [5.74, 6) is 0. The molecule has 6 atom stereocenters. The van der Waals surface area contributed by atoms with Crippen LogP contribution in [0.2, 0.25) is 0 Å². The summed E-state index contributed by atoms with van der Waals surface area (Å²) in [5, 5.41) is 45.5. The lowest BCUT2D eigenvalue weighted by Gasteiger charge is -2.40. The highest BCUT2D eigenvalue weighted by atomic mass is 16.6. The highest BCUT2D eigenvalue weighted by Gasteiger charge is 2.44. The van der Waals surface area contributed by atoms with Crippen LogP contribution in [0.15, 0.2) is 0 Å². The van der Waals surface area contributed by atoms with Crippen LogP contribution in [-0.4, -0.2) is 68.9 Å². The van der Waals surface area contributed by atoms with Gasteiger partial charge < -0.3 is 36.0 Å². The first-order chi connectivity index (χ1) is 6.49. The second-order valence-corrected chi connectivity index (χ2v) is 3.31. The summed E-state index contributed by atoms with van der Waals surface area (Å²) in [6, 6.07) is -0.929. The molecule has 0 aromatic carbocycles. The highest BCUT2D eigenvalue weighted by Crippen LogP contribution is 2.21. The predicted molar refractivity (Wildman–Crippen MR) is 44.0 cm³/mol. The van der Waals surface area contributed by atoms with Gasteiger partial charge in [0.05, 0.1) is 12.6 Å². The average Bonchev–Trinajstić information content (AvgIpc) is 2.19. The maximum absolute atomic E-state index is 9.39. The highest BCUT2D eigenvalue weighted by molar-refractivity contribution is 4.92. The molecule has 1 heterocycles. The van der Waals surface area contributed by atoms with E-state index < -0.39 is 43.4 Å². The number of rotatable bonds is 2. The monoisotopic (exact) mass is 209 g/mol. The lowest BCUT2D eigenvalue weighted by molar-refractivity contribution is -0.286. The van der Waals surface area contributed by atoms with Gasteiger partial charge in [0.25, 0.3) is 0 Å². The number of nitrogens with two attached hydrogens (primary N) is 1. The SMILES string of the molecule is NC(CO)C1OC(O)C(O)C(O)C1O. The van der Waals surface area contributed by atoms with E-state index in [2.05, 4.69) is 0 Å². The Balaban J connectivity index is 2.70. The van der Waals surface area contributed by atoms with Crippen molar-refractivity contribution in [1.29, 1.82) is 0 Å². The first-order valence-electron chi connectivity index (χ1n) is 4.23. The largest absolute Gasteiger partial charge is 0.395 e. The van der Waals surface area contributed by atoms with E-state index in [1.807, 2.05) is 0 Å². The van der Waals surface area contributed by atoms with Crippen LogP contribution >= 0.6 is 0 Å². The zero-order chi connectivity index (χ0) is 10.9. The van der Waals surface area contributed by atoms with E-state index in [4.69, 9.17) is 25.8 Å². The third-order valence-corrected chi connectivity index (χ3v) is 2.26. The summed E-state index contributed by atoms with van der Waals surface area (Å²) in [7, 11) is 0. The van der Waals surface area contributed by atoms with Crippen LogP contribution in [0.25, 0.3) is 0 Å². The van der Waals surface area contributed by atoms with Gasteiger partial charge >= 0.3 is 0 Å². The Morgan fingerprint density at radius 1 is 1.07 bits per heavy atom. The van der Waals surface area contributed by atoms with E-state index in [1.165, 1.54) is 0 Å². The molecule has 1 rings (SSSR count). The summed E-state index contributed by atoms with van der Waals surface area (Å²) in [5.41, 5.74) is 5.37. The minimum Gasteiger partial charge on any atom is -0.395 e. The fraction of sp³-hybridized carbons (Fsp3) is 1.00. The summed E-state index contributed by atoms with van der Waals surface area (Å²) >= 11 is 0. The Morgan fingerprint density at radius 3 is 2.14 bits per heavy atom. The molecule has 7 N–H and O–H groups in total. The maximum Gasteiger partial charge on any atom is 0.184 e. The third-order valence-electron chi connectivity index (χ3n) is 2.26. The first kappa shape index (κ1) is 11.8. The lowest BCUT2D eigenvalue weighted by Crippen LogP contribution is -2.62. The second kappa shape index (κ2) is 4.49. The molecule has 0 spiro atoms. The van der Waals surface area contributed by atoms with Crippen LogP contribution in [0, 0.1) is 0 Å². The summed E-state index contributed by atoms with van der Waals surface area (Å²) < 4.78 is 4.74. The molecule has 14 heavy (non-hydrogen) atoms. The van der Waals surface area contributed by atoms with Crippen molar-refractivity contribution in [2.24, 2.45) is 5.73 Å². The van der Waals surface area contributed by atoms with E-state index in [0.29, 0.717) is 0 Å². The average molecular weight is 209 g/mol. The van der Waals surface area contributed by atoms with Crippen molar-refractivity contribution >= 4 is 0 Å². The van der Waals surface area contributed by atoms with Crippen LogP contribution in [0.1, 0.15) is 0 Å². The van der Waals surface area contributed by atoms with Gasteiger partial charge in [-0.3, -0.25) is 0 Å². The standard InChI is InChI=1S/C7H15NO6/c8-2(1-9)6-4(11)3(10)5(12)7(13)14-6/h2-7,9-13H,1,8H2. The molecule has 1 aliphatic heterocycles. The number of hydrogen-bond donors (Lipinski definition) is 6. The van der Waals surface area contributed by atoms with Crippen molar-refractivity contribution < 1.29 is 30.3 Å². The molecule has 0 aromatic heterocycles. The van der Waals surface area contributed by atoms with E-state index in [-0.39, 0.29) is 0 Å². The van der Waals surface area contributed by atoms with Crippen molar-refractivity contribution in [3.05, 3.63) is 0 Å². The summed E-state index contributed by atoms with van der Waals surface area (Å²) in [4.78, 5) is 0. The fourth-order valence-corrected chi connectivity index (χ4v) is 1.35. The Hall–Kier alpha value is -0.280. The van der Waals surface area contributed by atoms with Crippen molar-refractivity contribution in [2.45, 2.75) is 36.7 Å². The van der Waals surface area contributed by atoms with Gasteiger partial charge in [-0.1, -0.05) is 0 Å². The molecular formula is C7H15NO6. The van der Waals surface area contributed by atoms with Crippen molar-refractivity contribution in [1.82, 2.24) is 0 Å². The van der Waals surface area contributed by atoms with Gasteiger partial charge in [-0.2, -0.15) is 0 Å². The predicted octanol–water partition coefficient (Wildman–Crippen LogP) is -3.89. The van der Waals surface area contributed by atoms with Crippen LogP contribution in [0.3, 0.4) is 0 Å². The lowest BCUT2D eigenvalue weighted by atomic mass is 9.95. The van der Waals surface area contributed by atoms with Crippen LogP contribution in [0.5, 0.6) is 0 Å². The van der Waals surface area contributed by atoms with Crippen molar-refractivity contribution in [3.8, 4) is 0 Å². The van der Waals surface area contributed by atoms with Gasteiger partial charge in [-0.05, 0) is 0 Å². The second-order valence-electron chi connectivity index (χ2n) is 3.31. The third kappa shape index (κ3) is 2.04.